The SMILES string of the molecule is CC(NC(=O)C1CCN(C2CCN(C(=O)CN3CCOCC3)CC2)CC1)C1CCOCC1. The molecule has 4 saturated heterocycles. The number of likely N-dealkylation sites (tertiary alicyclic amines) is 2. The zero-order valence-corrected chi connectivity index (χ0v) is 19.8. The average Bonchev–Trinajstić information content (AvgIpc) is 2.85. The van der Waals surface area contributed by atoms with Crippen molar-refractivity contribution in [1.82, 2.24) is 20.0 Å². The molecular weight excluding hydrogens is 408 g/mol. The minimum absolute atomic E-state index is 0.142. The van der Waals surface area contributed by atoms with Crippen LogP contribution in [0.25, 0.3) is 0 Å². The number of carbonyl (C=O) groups excluding carboxylic acids is 2. The van der Waals surface area contributed by atoms with Crippen molar-refractivity contribution in [3.8, 4) is 0 Å². The Labute approximate surface area is 192 Å². The monoisotopic (exact) mass is 450 g/mol. The highest BCUT2D eigenvalue weighted by molar-refractivity contribution is 5.79. The Morgan fingerprint density at radius 3 is 2.12 bits per heavy atom. The van der Waals surface area contributed by atoms with Gasteiger partial charge in [0.05, 0.1) is 19.8 Å². The minimum Gasteiger partial charge on any atom is -0.381 e. The number of carbonyl (C=O) groups is 2. The molecule has 0 aromatic rings. The van der Waals surface area contributed by atoms with Gasteiger partial charge >= 0.3 is 0 Å². The van der Waals surface area contributed by atoms with Gasteiger partial charge in [-0.15, -0.1) is 0 Å². The van der Waals surface area contributed by atoms with Crippen LogP contribution in [0, 0.1) is 11.8 Å². The molecule has 182 valence electrons. The topological polar surface area (TPSA) is 74.4 Å². The van der Waals surface area contributed by atoms with Gasteiger partial charge in [0.25, 0.3) is 0 Å². The summed E-state index contributed by atoms with van der Waals surface area (Å²) < 4.78 is 10.8. The van der Waals surface area contributed by atoms with Crippen LogP contribution in [0.3, 0.4) is 0 Å². The second-order valence-electron chi connectivity index (χ2n) is 10.1. The summed E-state index contributed by atoms with van der Waals surface area (Å²) in [6, 6.07) is 0.788. The van der Waals surface area contributed by atoms with E-state index in [1.54, 1.807) is 0 Å². The van der Waals surface area contributed by atoms with Crippen molar-refractivity contribution in [2.45, 2.75) is 57.5 Å². The van der Waals surface area contributed by atoms with Gasteiger partial charge in [-0.05, 0) is 64.5 Å². The maximum atomic E-state index is 12.8. The standard InChI is InChI=1S/C24H42N4O4/c1-19(20-6-14-31-15-7-20)25-24(30)21-2-8-27(9-3-21)22-4-10-28(11-5-22)23(29)18-26-12-16-32-17-13-26/h19-22H,2-18H2,1H3,(H,25,30). The number of rotatable bonds is 6. The van der Waals surface area contributed by atoms with E-state index in [-0.39, 0.29) is 23.8 Å². The molecule has 0 aromatic carbocycles. The van der Waals surface area contributed by atoms with Crippen molar-refractivity contribution in [1.29, 1.82) is 0 Å². The number of nitrogens with one attached hydrogen (secondary N) is 1. The second kappa shape index (κ2) is 11.8. The molecule has 4 fully saturated rings. The number of morpholine rings is 1. The number of hydrogen-bond donors (Lipinski definition) is 1. The molecule has 4 aliphatic heterocycles. The Hall–Kier alpha value is -1.22. The Balaban J connectivity index is 1.14. The van der Waals surface area contributed by atoms with Crippen molar-refractivity contribution < 1.29 is 19.1 Å². The van der Waals surface area contributed by atoms with Crippen molar-refractivity contribution in [2.24, 2.45) is 11.8 Å². The quantitative estimate of drug-likeness (QED) is 0.650. The molecule has 8 heteroatoms. The lowest BCUT2D eigenvalue weighted by Crippen LogP contribution is -2.52. The molecule has 0 bridgehead atoms. The molecular formula is C24H42N4O4. The predicted octanol–water partition coefficient (Wildman–Crippen LogP) is 0.953. The van der Waals surface area contributed by atoms with Gasteiger partial charge < -0.3 is 24.6 Å². The summed E-state index contributed by atoms with van der Waals surface area (Å²) in [7, 11) is 0. The predicted molar refractivity (Wildman–Crippen MR) is 122 cm³/mol. The molecule has 1 unspecified atom stereocenters. The van der Waals surface area contributed by atoms with Crippen LogP contribution in [-0.4, -0.2) is 111 Å². The molecule has 4 aliphatic rings. The van der Waals surface area contributed by atoms with E-state index >= 15 is 0 Å². The van der Waals surface area contributed by atoms with E-state index in [1.165, 1.54) is 0 Å². The van der Waals surface area contributed by atoms with Crippen LogP contribution in [0.2, 0.25) is 0 Å². The first-order chi connectivity index (χ1) is 15.6. The summed E-state index contributed by atoms with van der Waals surface area (Å²) in [6.07, 6.45) is 6.09. The largest absolute Gasteiger partial charge is 0.381 e. The highest BCUT2D eigenvalue weighted by Crippen LogP contribution is 2.25. The molecule has 8 nitrogen and oxygen atoms in total. The maximum Gasteiger partial charge on any atom is 0.236 e. The zero-order chi connectivity index (χ0) is 22.3. The maximum absolute atomic E-state index is 12.8. The Morgan fingerprint density at radius 2 is 1.47 bits per heavy atom. The highest BCUT2D eigenvalue weighted by atomic mass is 16.5. The number of nitrogens with zero attached hydrogens (tertiary/aromatic N) is 3. The molecule has 1 N–H and O–H groups in total. The molecule has 0 radical (unpaired) electrons. The first-order valence-electron chi connectivity index (χ1n) is 12.8. The van der Waals surface area contributed by atoms with Crippen molar-refractivity contribution in [3.63, 3.8) is 0 Å². The van der Waals surface area contributed by atoms with E-state index in [0.717, 1.165) is 104 Å². The third-order valence-electron chi connectivity index (χ3n) is 8.04. The highest BCUT2D eigenvalue weighted by Gasteiger charge is 2.33. The van der Waals surface area contributed by atoms with Crippen LogP contribution < -0.4 is 5.32 Å². The Bertz CT molecular complexity index is 605. The average molecular weight is 451 g/mol. The van der Waals surface area contributed by atoms with Gasteiger partial charge in [0.2, 0.25) is 11.8 Å². The molecule has 0 aromatic heterocycles. The number of hydrogen-bond acceptors (Lipinski definition) is 6. The summed E-state index contributed by atoms with van der Waals surface area (Å²) in [6.45, 7) is 11.2. The van der Waals surface area contributed by atoms with Gasteiger partial charge in [-0.3, -0.25) is 14.5 Å². The zero-order valence-electron chi connectivity index (χ0n) is 19.8. The van der Waals surface area contributed by atoms with Gasteiger partial charge in [0.15, 0.2) is 0 Å². The minimum atomic E-state index is 0.142. The Kier molecular flexibility index (Phi) is 8.80. The third-order valence-corrected chi connectivity index (χ3v) is 8.04. The molecule has 0 aliphatic carbocycles. The van der Waals surface area contributed by atoms with Crippen LogP contribution in [0.5, 0.6) is 0 Å². The lowest BCUT2D eigenvalue weighted by Gasteiger charge is -2.42. The van der Waals surface area contributed by atoms with Crippen LogP contribution in [-0.2, 0) is 19.1 Å². The lowest BCUT2D eigenvalue weighted by atomic mass is 9.90. The van der Waals surface area contributed by atoms with Gasteiger partial charge in [0, 0.05) is 57.4 Å². The van der Waals surface area contributed by atoms with Crippen molar-refractivity contribution >= 4 is 11.8 Å². The molecule has 0 spiro atoms. The molecule has 2 amide bonds. The summed E-state index contributed by atoms with van der Waals surface area (Å²) in [5.41, 5.74) is 0. The normalized spacial score (nSPS) is 26.7. The van der Waals surface area contributed by atoms with E-state index in [0.29, 0.717) is 18.5 Å². The van der Waals surface area contributed by atoms with Gasteiger partial charge in [-0.1, -0.05) is 0 Å². The summed E-state index contributed by atoms with van der Waals surface area (Å²) in [4.78, 5) is 32.3. The fraction of sp³-hybridized carbons (Fsp3) is 0.917. The van der Waals surface area contributed by atoms with Crippen LogP contribution in [0.4, 0.5) is 0 Å². The van der Waals surface area contributed by atoms with Gasteiger partial charge in [0.1, 0.15) is 0 Å². The first kappa shape index (κ1) is 23.9. The fourth-order valence-corrected chi connectivity index (χ4v) is 5.73. The van der Waals surface area contributed by atoms with E-state index in [9.17, 15) is 9.59 Å². The van der Waals surface area contributed by atoms with Crippen LogP contribution in [0.1, 0.15) is 45.4 Å². The molecule has 32 heavy (non-hydrogen) atoms. The van der Waals surface area contributed by atoms with Gasteiger partial charge in [-0.2, -0.15) is 0 Å². The van der Waals surface area contributed by atoms with E-state index in [1.807, 2.05) is 4.90 Å². The molecule has 0 saturated carbocycles. The smallest absolute Gasteiger partial charge is 0.236 e. The van der Waals surface area contributed by atoms with E-state index < -0.39 is 0 Å². The van der Waals surface area contributed by atoms with E-state index in [2.05, 4.69) is 22.0 Å². The summed E-state index contributed by atoms with van der Waals surface area (Å²) in [5.74, 6) is 1.19. The van der Waals surface area contributed by atoms with Crippen molar-refractivity contribution in [3.05, 3.63) is 0 Å². The first-order valence-corrected chi connectivity index (χ1v) is 12.8. The summed E-state index contributed by atoms with van der Waals surface area (Å²) >= 11 is 0. The number of ether oxygens (including phenoxy) is 2. The molecule has 1 atom stereocenters. The van der Waals surface area contributed by atoms with Crippen LogP contribution in [0.15, 0.2) is 0 Å². The number of amides is 2. The summed E-state index contributed by atoms with van der Waals surface area (Å²) in [5, 5.41) is 3.30. The van der Waals surface area contributed by atoms with E-state index in [4.69, 9.17) is 9.47 Å². The third kappa shape index (κ3) is 6.43. The van der Waals surface area contributed by atoms with Crippen molar-refractivity contribution in [2.75, 3.05) is 72.2 Å². The molecule has 4 heterocycles. The van der Waals surface area contributed by atoms with Gasteiger partial charge in [-0.25, -0.2) is 0 Å². The fourth-order valence-electron chi connectivity index (χ4n) is 5.73. The Morgan fingerprint density at radius 1 is 0.844 bits per heavy atom. The number of piperidine rings is 2. The van der Waals surface area contributed by atoms with Crippen LogP contribution >= 0.6 is 0 Å². The second-order valence-corrected chi connectivity index (χ2v) is 10.1. The lowest BCUT2D eigenvalue weighted by molar-refractivity contribution is -0.135. The molecule has 4 rings (SSSR count).